The molecule has 0 N–H and O–H groups in total. The van der Waals surface area contributed by atoms with Gasteiger partial charge in [0.1, 0.15) is 5.60 Å². The molecule has 0 unspecified atom stereocenters. The largest absolute Gasteiger partial charge is 0.444 e. The number of amides is 1. The monoisotopic (exact) mass is 302 g/mol. The van der Waals surface area contributed by atoms with E-state index in [0.29, 0.717) is 13.1 Å². The summed E-state index contributed by atoms with van der Waals surface area (Å²) in [7, 11) is 0. The lowest BCUT2D eigenvalue weighted by molar-refractivity contribution is 0.0240. The molecule has 1 saturated heterocycles. The van der Waals surface area contributed by atoms with E-state index in [0.717, 1.165) is 18.7 Å². The van der Waals surface area contributed by atoms with Crippen molar-refractivity contribution in [3.63, 3.8) is 0 Å². The molecule has 0 saturated carbocycles. The molecule has 0 aromatic heterocycles. The van der Waals surface area contributed by atoms with Crippen LogP contribution in [0, 0.1) is 6.92 Å². The molecule has 1 aliphatic rings. The summed E-state index contributed by atoms with van der Waals surface area (Å²) in [6, 6.07) is 6.39. The normalized spacial score (nSPS) is 15.6. The van der Waals surface area contributed by atoms with Gasteiger partial charge >= 0.3 is 6.09 Å². The molecule has 2 rings (SSSR count). The van der Waals surface area contributed by atoms with E-state index >= 15 is 0 Å². The Morgan fingerprint density at radius 1 is 1.23 bits per heavy atom. The third kappa shape index (κ3) is 4.03. The van der Waals surface area contributed by atoms with Gasteiger partial charge in [0, 0.05) is 31.9 Å². The highest BCUT2D eigenvalue weighted by atomic mass is 16.6. The number of ether oxygens (including phenoxy) is 1. The van der Waals surface area contributed by atoms with Crippen molar-refractivity contribution in [3.8, 4) is 0 Å². The fourth-order valence-electron chi connectivity index (χ4n) is 2.56. The molecule has 1 heterocycles. The Morgan fingerprint density at radius 2 is 1.86 bits per heavy atom. The van der Waals surface area contributed by atoms with Crippen molar-refractivity contribution in [2.75, 3.05) is 31.1 Å². The van der Waals surface area contributed by atoms with E-state index in [2.05, 4.69) is 36.6 Å². The van der Waals surface area contributed by atoms with Crippen LogP contribution in [0.4, 0.5) is 10.5 Å². The summed E-state index contributed by atoms with van der Waals surface area (Å²) >= 11 is 0. The molecule has 1 aliphatic heterocycles. The lowest BCUT2D eigenvalue weighted by Crippen LogP contribution is -2.50. The summed E-state index contributed by atoms with van der Waals surface area (Å²) in [4.78, 5) is 16.2. The Hall–Kier alpha value is -1.97. The van der Waals surface area contributed by atoms with Crippen molar-refractivity contribution in [2.24, 2.45) is 0 Å². The van der Waals surface area contributed by atoms with Crippen molar-refractivity contribution in [2.45, 2.75) is 33.3 Å². The predicted octanol–water partition coefficient (Wildman–Crippen LogP) is 3.70. The summed E-state index contributed by atoms with van der Waals surface area (Å²) in [6.07, 6.45) is 1.66. The molecule has 0 spiro atoms. The van der Waals surface area contributed by atoms with Crippen molar-refractivity contribution in [3.05, 3.63) is 35.9 Å². The number of piperazine rings is 1. The van der Waals surface area contributed by atoms with Crippen LogP contribution >= 0.6 is 0 Å². The van der Waals surface area contributed by atoms with Crippen LogP contribution < -0.4 is 4.90 Å². The van der Waals surface area contributed by atoms with Gasteiger partial charge < -0.3 is 14.5 Å². The van der Waals surface area contributed by atoms with Crippen LogP contribution in [-0.2, 0) is 4.74 Å². The van der Waals surface area contributed by atoms with Crippen molar-refractivity contribution in [1.29, 1.82) is 0 Å². The van der Waals surface area contributed by atoms with Crippen LogP contribution in [0.2, 0.25) is 0 Å². The van der Waals surface area contributed by atoms with Gasteiger partial charge in [0.2, 0.25) is 0 Å². The van der Waals surface area contributed by atoms with E-state index < -0.39 is 5.60 Å². The van der Waals surface area contributed by atoms with Gasteiger partial charge in [-0.1, -0.05) is 18.7 Å². The average molecular weight is 302 g/mol. The van der Waals surface area contributed by atoms with E-state index in [1.807, 2.05) is 26.8 Å². The van der Waals surface area contributed by atoms with E-state index in [4.69, 9.17) is 4.74 Å². The van der Waals surface area contributed by atoms with Gasteiger partial charge in [-0.05, 0) is 51.0 Å². The number of rotatable bonds is 2. The summed E-state index contributed by atoms with van der Waals surface area (Å²) in [5.74, 6) is 0. The standard InChI is InChI=1S/C18H26N2O2/c1-6-15-7-8-16(13-14(15)2)19-9-11-20(12-10-19)17(21)22-18(3,4)5/h6-8,13H,1,9-12H2,2-5H3. The first-order chi connectivity index (χ1) is 10.3. The number of nitrogens with zero attached hydrogens (tertiary/aromatic N) is 2. The highest BCUT2D eigenvalue weighted by Crippen LogP contribution is 2.22. The van der Waals surface area contributed by atoms with Crippen LogP contribution in [0.1, 0.15) is 31.9 Å². The zero-order valence-corrected chi connectivity index (χ0v) is 14.1. The smallest absolute Gasteiger partial charge is 0.410 e. The quantitative estimate of drug-likeness (QED) is 0.835. The molecule has 120 valence electrons. The van der Waals surface area contributed by atoms with E-state index in [1.54, 1.807) is 4.90 Å². The van der Waals surface area contributed by atoms with Crippen LogP contribution in [0.25, 0.3) is 6.08 Å². The molecule has 4 nitrogen and oxygen atoms in total. The maximum Gasteiger partial charge on any atom is 0.410 e. The molecule has 22 heavy (non-hydrogen) atoms. The minimum absolute atomic E-state index is 0.217. The number of benzene rings is 1. The second-order valence-corrected chi connectivity index (χ2v) is 6.70. The van der Waals surface area contributed by atoms with Crippen molar-refractivity contribution < 1.29 is 9.53 Å². The molecular formula is C18H26N2O2. The van der Waals surface area contributed by atoms with E-state index in [1.165, 1.54) is 11.3 Å². The van der Waals surface area contributed by atoms with Crippen LogP contribution in [-0.4, -0.2) is 42.8 Å². The summed E-state index contributed by atoms with van der Waals surface area (Å²) in [5.41, 5.74) is 3.15. The molecule has 0 atom stereocenters. The first-order valence-corrected chi connectivity index (χ1v) is 7.76. The zero-order valence-electron chi connectivity index (χ0n) is 14.1. The third-order valence-electron chi connectivity index (χ3n) is 3.77. The average Bonchev–Trinajstić information content (AvgIpc) is 2.45. The number of carbonyl (C=O) groups excluding carboxylic acids is 1. The molecule has 1 fully saturated rings. The van der Waals surface area contributed by atoms with Gasteiger partial charge in [-0.3, -0.25) is 0 Å². The zero-order chi connectivity index (χ0) is 16.3. The fourth-order valence-corrected chi connectivity index (χ4v) is 2.56. The maximum absolute atomic E-state index is 12.1. The third-order valence-corrected chi connectivity index (χ3v) is 3.77. The van der Waals surface area contributed by atoms with E-state index in [-0.39, 0.29) is 6.09 Å². The number of anilines is 1. The van der Waals surface area contributed by atoms with Crippen molar-refractivity contribution >= 4 is 17.9 Å². The molecular weight excluding hydrogens is 276 g/mol. The van der Waals surface area contributed by atoms with E-state index in [9.17, 15) is 4.79 Å². The molecule has 0 bridgehead atoms. The molecule has 4 heteroatoms. The summed E-state index contributed by atoms with van der Waals surface area (Å²) < 4.78 is 5.42. The lowest BCUT2D eigenvalue weighted by Gasteiger charge is -2.37. The Morgan fingerprint density at radius 3 is 2.36 bits per heavy atom. The van der Waals surface area contributed by atoms with Gasteiger partial charge in [-0.15, -0.1) is 0 Å². The summed E-state index contributed by atoms with van der Waals surface area (Å²) in [5, 5.41) is 0. The van der Waals surface area contributed by atoms with Gasteiger partial charge in [-0.2, -0.15) is 0 Å². The molecule has 1 aromatic rings. The highest BCUT2D eigenvalue weighted by molar-refractivity contribution is 5.69. The Labute approximate surface area is 133 Å². The first kappa shape index (κ1) is 16.4. The number of aryl methyl sites for hydroxylation is 1. The number of hydrogen-bond acceptors (Lipinski definition) is 3. The second-order valence-electron chi connectivity index (χ2n) is 6.70. The second kappa shape index (κ2) is 6.42. The van der Waals surface area contributed by atoms with Gasteiger partial charge in [0.05, 0.1) is 0 Å². The topological polar surface area (TPSA) is 32.8 Å². The maximum atomic E-state index is 12.1. The highest BCUT2D eigenvalue weighted by Gasteiger charge is 2.25. The Balaban J connectivity index is 1.96. The SMILES string of the molecule is C=Cc1ccc(N2CCN(C(=O)OC(C)(C)C)CC2)cc1C. The predicted molar refractivity (Wildman–Crippen MR) is 91.3 cm³/mol. The Bertz CT molecular complexity index is 553. The minimum Gasteiger partial charge on any atom is -0.444 e. The van der Waals surface area contributed by atoms with Crippen LogP contribution in [0.5, 0.6) is 0 Å². The molecule has 0 radical (unpaired) electrons. The van der Waals surface area contributed by atoms with Crippen LogP contribution in [0.15, 0.2) is 24.8 Å². The van der Waals surface area contributed by atoms with Crippen molar-refractivity contribution in [1.82, 2.24) is 4.90 Å². The summed E-state index contributed by atoms with van der Waals surface area (Å²) in [6.45, 7) is 14.6. The van der Waals surface area contributed by atoms with Gasteiger partial charge in [0.15, 0.2) is 0 Å². The molecule has 1 amide bonds. The molecule has 1 aromatic carbocycles. The lowest BCUT2D eigenvalue weighted by atomic mass is 10.1. The minimum atomic E-state index is -0.439. The van der Waals surface area contributed by atoms with Gasteiger partial charge in [-0.25, -0.2) is 4.79 Å². The fraction of sp³-hybridized carbons (Fsp3) is 0.500. The molecule has 0 aliphatic carbocycles. The Kier molecular flexibility index (Phi) is 4.79. The number of hydrogen-bond donors (Lipinski definition) is 0. The number of carbonyl (C=O) groups is 1. The van der Waals surface area contributed by atoms with Gasteiger partial charge in [0.25, 0.3) is 0 Å². The first-order valence-electron chi connectivity index (χ1n) is 7.76. The van der Waals surface area contributed by atoms with Crippen LogP contribution in [0.3, 0.4) is 0 Å².